The van der Waals surface area contributed by atoms with E-state index in [-0.39, 0.29) is 0 Å². The van der Waals surface area contributed by atoms with Gasteiger partial charge in [0.15, 0.2) is 0 Å². The number of rotatable bonds is 2. The molecule has 0 amide bonds. The lowest BCUT2D eigenvalue weighted by Crippen LogP contribution is -2.09. The zero-order valence-electron chi connectivity index (χ0n) is 5.93. The van der Waals surface area contributed by atoms with E-state index < -0.39 is 11.9 Å². The monoisotopic (exact) mass is 153 g/mol. The molecule has 1 heterocycles. The Labute approximate surface area is 63.1 Å². The van der Waals surface area contributed by atoms with Crippen LogP contribution in [0.1, 0.15) is 18.5 Å². The van der Waals surface area contributed by atoms with Gasteiger partial charge in [-0.3, -0.25) is 4.79 Å². The average molecular weight is 153 g/mol. The van der Waals surface area contributed by atoms with Crippen molar-refractivity contribution in [3.8, 4) is 0 Å². The van der Waals surface area contributed by atoms with Crippen LogP contribution in [0.15, 0.2) is 12.5 Å². The highest BCUT2D eigenvalue weighted by Crippen LogP contribution is 2.08. The summed E-state index contributed by atoms with van der Waals surface area (Å²) in [5, 5.41) is 15.6. The van der Waals surface area contributed by atoms with Crippen LogP contribution in [-0.2, 0) is 4.79 Å². The van der Waals surface area contributed by atoms with E-state index in [9.17, 15) is 4.79 Å². The van der Waals surface area contributed by atoms with Gasteiger partial charge in [-0.05, 0) is 6.92 Å². The molecule has 0 saturated carbocycles. The van der Waals surface area contributed by atoms with Crippen molar-refractivity contribution >= 4 is 5.97 Å². The van der Waals surface area contributed by atoms with Crippen LogP contribution in [-0.4, -0.2) is 26.3 Å². The Morgan fingerprint density at radius 1 is 1.73 bits per heavy atom. The van der Waals surface area contributed by atoms with Crippen molar-refractivity contribution in [2.24, 2.45) is 0 Å². The fourth-order valence-electron chi connectivity index (χ4n) is 0.583. The Hall–Kier alpha value is -1.52. The fraction of sp³-hybridized carbons (Fsp3) is 0.333. The van der Waals surface area contributed by atoms with Crippen molar-refractivity contribution in [2.75, 3.05) is 0 Å². The number of aromatic nitrogens is 3. The molecule has 1 aromatic heterocycles. The second-order valence-electron chi connectivity index (χ2n) is 2.09. The predicted molar refractivity (Wildman–Crippen MR) is 35.9 cm³/mol. The predicted octanol–water partition coefficient (Wildman–Crippen LogP) is 0.0597. The van der Waals surface area contributed by atoms with Crippen LogP contribution < -0.4 is 0 Å². The molecule has 0 aromatic carbocycles. The van der Waals surface area contributed by atoms with Gasteiger partial charge in [-0.2, -0.15) is 5.10 Å². The molecule has 1 aromatic rings. The number of aliphatic carboxylic acids is 1. The van der Waals surface area contributed by atoms with E-state index in [1.54, 1.807) is 0 Å². The standard InChI is InChI=1S/C6H7N3O2/c1-4(6(10)11)5-2-7-3-8-9-5/h2-4H,1H3,(H,10,11). The van der Waals surface area contributed by atoms with E-state index in [1.807, 2.05) is 0 Å². The maximum absolute atomic E-state index is 10.4. The first kappa shape index (κ1) is 7.59. The van der Waals surface area contributed by atoms with Gasteiger partial charge < -0.3 is 5.11 Å². The second-order valence-corrected chi connectivity index (χ2v) is 2.09. The van der Waals surface area contributed by atoms with Gasteiger partial charge in [0.2, 0.25) is 0 Å². The van der Waals surface area contributed by atoms with Crippen LogP contribution in [0.5, 0.6) is 0 Å². The van der Waals surface area contributed by atoms with Crippen molar-refractivity contribution in [3.63, 3.8) is 0 Å². The fourth-order valence-corrected chi connectivity index (χ4v) is 0.583. The number of carboxylic acid groups (broad SMARTS) is 1. The van der Waals surface area contributed by atoms with E-state index in [0.29, 0.717) is 5.69 Å². The summed E-state index contributed by atoms with van der Waals surface area (Å²) in [6, 6.07) is 0. The number of nitrogens with zero attached hydrogens (tertiary/aromatic N) is 3. The SMILES string of the molecule is CC(C(=O)O)c1cncnn1. The van der Waals surface area contributed by atoms with Crippen LogP contribution in [0, 0.1) is 0 Å². The molecule has 0 spiro atoms. The molecular weight excluding hydrogens is 146 g/mol. The van der Waals surface area contributed by atoms with E-state index >= 15 is 0 Å². The van der Waals surface area contributed by atoms with Gasteiger partial charge >= 0.3 is 5.97 Å². The first-order valence-corrected chi connectivity index (χ1v) is 3.07. The summed E-state index contributed by atoms with van der Waals surface area (Å²) in [4.78, 5) is 14.1. The molecule has 0 fully saturated rings. The van der Waals surface area contributed by atoms with E-state index in [4.69, 9.17) is 5.11 Å². The minimum atomic E-state index is -0.924. The molecule has 58 valence electrons. The third-order valence-electron chi connectivity index (χ3n) is 1.31. The van der Waals surface area contributed by atoms with E-state index in [2.05, 4.69) is 15.2 Å². The Kier molecular flexibility index (Phi) is 2.10. The molecule has 5 heteroatoms. The maximum Gasteiger partial charge on any atom is 0.312 e. The van der Waals surface area contributed by atoms with E-state index in [1.165, 1.54) is 19.4 Å². The molecule has 11 heavy (non-hydrogen) atoms. The summed E-state index contributed by atoms with van der Waals surface area (Å²) in [6.07, 6.45) is 2.66. The van der Waals surface area contributed by atoms with Crippen LogP contribution in [0.3, 0.4) is 0 Å². The zero-order valence-corrected chi connectivity index (χ0v) is 5.93. The largest absolute Gasteiger partial charge is 0.481 e. The first-order chi connectivity index (χ1) is 5.22. The van der Waals surface area contributed by atoms with Crippen molar-refractivity contribution in [2.45, 2.75) is 12.8 Å². The van der Waals surface area contributed by atoms with E-state index in [0.717, 1.165) is 0 Å². The lowest BCUT2D eigenvalue weighted by atomic mass is 10.1. The van der Waals surface area contributed by atoms with Crippen LogP contribution in [0.25, 0.3) is 0 Å². The number of carboxylic acids is 1. The molecule has 0 saturated heterocycles. The Balaban J connectivity index is 2.85. The number of hydrogen-bond acceptors (Lipinski definition) is 4. The van der Waals surface area contributed by atoms with Gasteiger partial charge in [-0.15, -0.1) is 5.10 Å². The summed E-state index contributed by atoms with van der Waals surface area (Å²) in [6.45, 7) is 1.54. The van der Waals surface area contributed by atoms with Gasteiger partial charge in [0, 0.05) is 0 Å². The third-order valence-corrected chi connectivity index (χ3v) is 1.31. The van der Waals surface area contributed by atoms with Crippen LogP contribution >= 0.6 is 0 Å². The van der Waals surface area contributed by atoms with Gasteiger partial charge in [-0.25, -0.2) is 4.98 Å². The summed E-state index contributed by atoms with van der Waals surface area (Å²) in [5.74, 6) is -1.57. The Morgan fingerprint density at radius 2 is 2.45 bits per heavy atom. The molecule has 5 nitrogen and oxygen atoms in total. The average Bonchev–Trinajstić information content (AvgIpc) is 2.05. The molecule has 1 N–H and O–H groups in total. The molecule has 1 atom stereocenters. The summed E-state index contributed by atoms with van der Waals surface area (Å²) in [7, 11) is 0. The second kappa shape index (κ2) is 3.05. The maximum atomic E-state index is 10.4. The van der Waals surface area contributed by atoms with Gasteiger partial charge in [0.1, 0.15) is 6.33 Å². The molecule has 1 rings (SSSR count). The lowest BCUT2D eigenvalue weighted by Gasteiger charge is -2.01. The molecule has 0 radical (unpaired) electrons. The lowest BCUT2D eigenvalue weighted by molar-refractivity contribution is -0.138. The molecule has 0 aliphatic heterocycles. The minimum absolute atomic E-state index is 0.375. The third kappa shape index (κ3) is 1.70. The zero-order chi connectivity index (χ0) is 8.27. The van der Waals surface area contributed by atoms with Crippen molar-refractivity contribution < 1.29 is 9.90 Å². The minimum Gasteiger partial charge on any atom is -0.481 e. The highest BCUT2D eigenvalue weighted by Gasteiger charge is 2.14. The van der Waals surface area contributed by atoms with Gasteiger partial charge in [0.05, 0.1) is 17.8 Å². The number of carbonyl (C=O) groups is 1. The van der Waals surface area contributed by atoms with Crippen molar-refractivity contribution in [1.29, 1.82) is 0 Å². The first-order valence-electron chi connectivity index (χ1n) is 3.07. The molecule has 1 unspecified atom stereocenters. The van der Waals surface area contributed by atoms with Crippen LogP contribution in [0.4, 0.5) is 0 Å². The summed E-state index contributed by atoms with van der Waals surface area (Å²) >= 11 is 0. The normalized spacial score (nSPS) is 12.5. The summed E-state index contributed by atoms with van der Waals surface area (Å²) < 4.78 is 0. The topological polar surface area (TPSA) is 76.0 Å². The highest BCUT2D eigenvalue weighted by atomic mass is 16.4. The van der Waals surface area contributed by atoms with Gasteiger partial charge in [-0.1, -0.05) is 0 Å². The molecular formula is C6H7N3O2. The Bertz CT molecular complexity index is 249. The highest BCUT2D eigenvalue weighted by molar-refractivity contribution is 5.74. The quantitative estimate of drug-likeness (QED) is 0.650. The summed E-state index contributed by atoms with van der Waals surface area (Å²) in [5.41, 5.74) is 0.375. The van der Waals surface area contributed by atoms with Crippen molar-refractivity contribution in [3.05, 3.63) is 18.2 Å². The molecule has 0 aliphatic rings. The Morgan fingerprint density at radius 3 is 2.91 bits per heavy atom. The van der Waals surface area contributed by atoms with Gasteiger partial charge in [0.25, 0.3) is 0 Å². The van der Waals surface area contributed by atoms with Crippen LogP contribution in [0.2, 0.25) is 0 Å². The van der Waals surface area contributed by atoms with Crippen molar-refractivity contribution in [1.82, 2.24) is 15.2 Å². The molecule has 0 bridgehead atoms. The smallest absolute Gasteiger partial charge is 0.312 e. The number of hydrogen-bond donors (Lipinski definition) is 1. The molecule has 0 aliphatic carbocycles.